The SMILES string of the molecule is CCc1ccc(C2(C(=O)OC)CC2)nc1. The van der Waals surface area contributed by atoms with Crippen LogP contribution in [0.5, 0.6) is 0 Å². The van der Waals surface area contributed by atoms with Crippen molar-refractivity contribution in [1.82, 2.24) is 4.98 Å². The Balaban J connectivity index is 2.26. The van der Waals surface area contributed by atoms with E-state index in [0.29, 0.717) is 0 Å². The van der Waals surface area contributed by atoms with Crippen molar-refractivity contribution in [1.29, 1.82) is 0 Å². The molecule has 3 heteroatoms. The van der Waals surface area contributed by atoms with Gasteiger partial charge in [0.2, 0.25) is 0 Å². The molecule has 0 saturated heterocycles. The first-order valence-corrected chi connectivity index (χ1v) is 5.27. The van der Waals surface area contributed by atoms with Gasteiger partial charge in [-0.15, -0.1) is 0 Å². The topological polar surface area (TPSA) is 39.2 Å². The van der Waals surface area contributed by atoms with E-state index in [2.05, 4.69) is 11.9 Å². The smallest absolute Gasteiger partial charge is 0.317 e. The second-order valence-corrected chi connectivity index (χ2v) is 3.98. The van der Waals surface area contributed by atoms with Crippen molar-refractivity contribution in [3.8, 4) is 0 Å². The van der Waals surface area contributed by atoms with Gasteiger partial charge in [-0.3, -0.25) is 9.78 Å². The highest BCUT2D eigenvalue weighted by Gasteiger charge is 2.53. The Bertz CT molecular complexity index is 366. The van der Waals surface area contributed by atoms with Crippen LogP contribution in [0.15, 0.2) is 18.3 Å². The van der Waals surface area contributed by atoms with Gasteiger partial charge >= 0.3 is 5.97 Å². The van der Waals surface area contributed by atoms with E-state index in [0.717, 1.165) is 25.0 Å². The van der Waals surface area contributed by atoms with Crippen molar-refractivity contribution in [2.45, 2.75) is 31.6 Å². The van der Waals surface area contributed by atoms with Crippen molar-refractivity contribution >= 4 is 5.97 Å². The van der Waals surface area contributed by atoms with Crippen molar-refractivity contribution in [3.63, 3.8) is 0 Å². The number of esters is 1. The van der Waals surface area contributed by atoms with E-state index in [1.54, 1.807) is 0 Å². The number of carbonyl (C=O) groups excluding carboxylic acids is 1. The van der Waals surface area contributed by atoms with Gasteiger partial charge in [-0.05, 0) is 30.9 Å². The fraction of sp³-hybridized carbons (Fsp3) is 0.500. The van der Waals surface area contributed by atoms with Crippen LogP contribution in [0.2, 0.25) is 0 Å². The van der Waals surface area contributed by atoms with E-state index >= 15 is 0 Å². The zero-order valence-electron chi connectivity index (χ0n) is 9.12. The van der Waals surface area contributed by atoms with Gasteiger partial charge in [0, 0.05) is 6.20 Å². The van der Waals surface area contributed by atoms with E-state index in [9.17, 15) is 4.79 Å². The van der Waals surface area contributed by atoms with Crippen LogP contribution in [-0.2, 0) is 21.4 Å². The first kappa shape index (κ1) is 10.1. The number of ether oxygens (including phenoxy) is 1. The Labute approximate surface area is 89.5 Å². The molecule has 1 fully saturated rings. The second-order valence-electron chi connectivity index (χ2n) is 3.98. The molecule has 0 radical (unpaired) electrons. The normalized spacial score (nSPS) is 17.2. The summed E-state index contributed by atoms with van der Waals surface area (Å²) in [5.74, 6) is -0.153. The highest BCUT2D eigenvalue weighted by atomic mass is 16.5. The van der Waals surface area contributed by atoms with Crippen molar-refractivity contribution in [3.05, 3.63) is 29.6 Å². The Hall–Kier alpha value is -1.38. The summed E-state index contributed by atoms with van der Waals surface area (Å²) < 4.78 is 4.81. The molecule has 1 saturated carbocycles. The zero-order valence-corrected chi connectivity index (χ0v) is 9.12. The average Bonchev–Trinajstić information content (AvgIpc) is 3.09. The predicted octanol–water partition coefficient (Wildman–Crippen LogP) is 1.85. The number of hydrogen-bond acceptors (Lipinski definition) is 3. The van der Waals surface area contributed by atoms with Crippen LogP contribution in [0, 0.1) is 0 Å². The summed E-state index contributed by atoms with van der Waals surface area (Å²) >= 11 is 0. The molecule has 0 aliphatic heterocycles. The lowest BCUT2D eigenvalue weighted by molar-refractivity contribution is -0.143. The Morgan fingerprint density at radius 2 is 2.27 bits per heavy atom. The third-order valence-corrected chi connectivity index (χ3v) is 3.05. The van der Waals surface area contributed by atoms with Gasteiger partial charge in [-0.2, -0.15) is 0 Å². The summed E-state index contributed by atoms with van der Waals surface area (Å²) in [5, 5.41) is 0. The first-order valence-electron chi connectivity index (χ1n) is 5.27. The van der Waals surface area contributed by atoms with Gasteiger partial charge in [-0.1, -0.05) is 13.0 Å². The molecule has 0 spiro atoms. The molecule has 80 valence electrons. The molecule has 2 rings (SSSR count). The van der Waals surface area contributed by atoms with Gasteiger partial charge < -0.3 is 4.74 Å². The Morgan fingerprint density at radius 3 is 2.67 bits per heavy atom. The van der Waals surface area contributed by atoms with Crippen molar-refractivity contribution < 1.29 is 9.53 Å². The average molecular weight is 205 g/mol. The molecule has 0 aromatic carbocycles. The maximum absolute atomic E-state index is 11.6. The van der Waals surface area contributed by atoms with E-state index < -0.39 is 5.41 Å². The number of carbonyl (C=O) groups is 1. The van der Waals surface area contributed by atoms with Crippen LogP contribution < -0.4 is 0 Å². The molecule has 0 unspecified atom stereocenters. The van der Waals surface area contributed by atoms with Crippen LogP contribution in [0.3, 0.4) is 0 Å². The highest BCUT2D eigenvalue weighted by molar-refractivity contribution is 5.85. The maximum Gasteiger partial charge on any atom is 0.317 e. The molecule has 15 heavy (non-hydrogen) atoms. The molecule has 3 nitrogen and oxygen atoms in total. The van der Waals surface area contributed by atoms with Crippen LogP contribution in [0.25, 0.3) is 0 Å². The van der Waals surface area contributed by atoms with Crippen molar-refractivity contribution in [2.75, 3.05) is 7.11 Å². The summed E-state index contributed by atoms with van der Waals surface area (Å²) in [6.07, 6.45) is 4.53. The van der Waals surface area contributed by atoms with Gasteiger partial charge in [0.05, 0.1) is 12.8 Å². The maximum atomic E-state index is 11.6. The minimum atomic E-state index is -0.430. The minimum absolute atomic E-state index is 0.153. The third kappa shape index (κ3) is 1.62. The lowest BCUT2D eigenvalue weighted by Gasteiger charge is -2.11. The molecule has 0 N–H and O–H groups in total. The highest BCUT2D eigenvalue weighted by Crippen LogP contribution is 2.48. The molecule has 1 aromatic rings. The van der Waals surface area contributed by atoms with Crippen LogP contribution in [0.1, 0.15) is 31.0 Å². The summed E-state index contributed by atoms with van der Waals surface area (Å²) in [6.45, 7) is 2.09. The largest absolute Gasteiger partial charge is 0.468 e. The zero-order chi connectivity index (χ0) is 10.9. The molecular weight excluding hydrogens is 190 g/mol. The summed E-state index contributed by atoms with van der Waals surface area (Å²) in [4.78, 5) is 15.9. The fourth-order valence-corrected chi connectivity index (χ4v) is 1.80. The van der Waals surface area contributed by atoms with E-state index in [-0.39, 0.29) is 5.97 Å². The molecule has 1 aliphatic carbocycles. The number of nitrogens with zero attached hydrogens (tertiary/aromatic N) is 1. The summed E-state index contributed by atoms with van der Waals surface area (Å²) in [6, 6.07) is 3.98. The molecular formula is C12H15NO2. The van der Waals surface area contributed by atoms with E-state index in [4.69, 9.17) is 4.74 Å². The van der Waals surface area contributed by atoms with Gasteiger partial charge in [0.15, 0.2) is 0 Å². The molecule has 0 bridgehead atoms. The third-order valence-electron chi connectivity index (χ3n) is 3.05. The second kappa shape index (κ2) is 3.65. The first-order chi connectivity index (χ1) is 7.23. The number of aromatic nitrogens is 1. The summed E-state index contributed by atoms with van der Waals surface area (Å²) in [5.41, 5.74) is 1.62. The fourth-order valence-electron chi connectivity index (χ4n) is 1.80. The van der Waals surface area contributed by atoms with Gasteiger partial charge in [-0.25, -0.2) is 0 Å². The van der Waals surface area contributed by atoms with Crippen LogP contribution >= 0.6 is 0 Å². The number of pyridine rings is 1. The Morgan fingerprint density at radius 1 is 1.53 bits per heavy atom. The van der Waals surface area contributed by atoms with Crippen LogP contribution in [0.4, 0.5) is 0 Å². The minimum Gasteiger partial charge on any atom is -0.468 e. The summed E-state index contributed by atoms with van der Waals surface area (Å²) in [7, 11) is 1.43. The van der Waals surface area contributed by atoms with Gasteiger partial charge in [0.1, 0.15) is 5.41 Å². The van der Waals surface area contributed by atoms with Gasteiger partial charge in [0.25, 0.3) is 0 Å². The molecule has 1 aliphatic rings. The standard InChI is InChI=1S/C12H15NO2/c1-3-9-4-5-10(13-8-9)12(6-7-12)11(14)15-2/h4-5,8H,3,6-7H2,1-2H3. The lowest BCUT2D eigenvalue weighted by atomic mass is 10.0. The predicted molar refractivity (Wildman–Crippen MR) is 56.5 cm³/mol. The Kier molecular flexibility index (Phi) is 2.47. The number of hydrogen-bond donors (Lipinski definition) is 0. The monoisotopic (exact) mass is 205 g/mol. The molecule has 0 amide bonds. The molecule has 1 heterocycles. The number of aryl methyl sites for hydroxylation is 1. The quantitative estimate of drug-likeness (QED) is 0.707. The van der Waals surface area contributed by atoms with Crippen LogP contribution in [-0.4, -0.2) is 18.1 Å². The number of methoxy groups -OCH3 is 1. The lowest BCUT2D eigenvalue weighted by Crippen LogP contribution is -2.23. The van der Waals surface area contributed by atoms with E-state index in [1.807, 2.05) is 18.3 Å². The molecule has 1 aromatic heterocycles. The molecule has 0 atom stereocenters. The van der Waals surface area contributed by atoms with Crippen molar-refractivity contribution in [2.24, 2.45) is 0 Å². The number of rotatable bonds is 3. The van der Waals surface area contributed by atoms with E-state index in [1.165, 1.54) is 12.7 Å².